The molecule has 0 radical (unpaired) electrons. The molecule has 0 aliphatic heterocycles. The van der Waals surface area contributed by atoms with Crippen molar-refractivity contribution in [2.75, 3.05) is 13.7 Å². The Balaban J connectivity index is 2.68. The minimum atomic E-state index is 0.509. The monoisotopic (exact) mass is 318 g/mol. The predicted molar refractivity (Wildman–Crippen MR) is 99.6 cm³/mol. The van der Waals surface area contributed by atoms with Gasteiger partial charge in [-0.1, -0.05) is 58.8 Å². The molecule has 0 saturated heterocycles. The molecule has 2 atom stereocenters. The molecule has 0 aliphatic carbocycles. The van der Waals surface area contributed by atoms with E-state index >= 15 is 0 Å². The summed E-state index contributed by atoms with van der Waals surface area (Å²) in [5, 5.41) is 0. The molecule has 0 aromatic heterocycles. The van der Waals surface area contributed by atoms with E-state index in [-0.39, 0.29) is 0 Å². The van der Waals surface area contributed by atoms with Crippen molar-refractivity contribution in [1.82, 2.24) is 0 Å². The summed E-state index contributed by atoms with van der Waals surface area (Å²) >= 11 is 0. The van der Waals surface area contributed by atoms with Crippen LogP contribution in [-0.4, -0.2) is 13.7 Å². The number of hydrogen-bond donors (Lipinski definition) is 0. The average molecular weight is 319 g/mol. The Morgan fingerprint density at radius 2 is 1.87 bits per heavy atom. The highest BCUT2D eigenvalue weighted by molar-refractivity contribution is 5.43. The number of rotatable bonds is 11. The fourth-order valence-corrected chi connectivity index (χ4v) is 2.78. The van der Waals surface area contributed by atoms with E-state index in [0.717, 1.165) is 37.4 Å². The quantitative estimate of drug-likeness (QED) is 0.349. The van der Waals surface area contributed by atoms with Crippen molar-refractivity contribution in [2.24, 2.45) is 5.92 Å². The number of ether oxygens (including phenoxy) is 2. The predicted octanol–water partition coefficient (Wildman–Crippen LogP) is 6.36. The van der Waals surface area contributed by atoms with Gasteiger partial charge in [0.2, 0.25) is 0 Å². The molecular formula is C21H34O2. The molecule has 2 heteroatoms. The molecule has 1 aromatic rings. The highest BCUT2D eigenvalue weighted by Crippen LogP contribution is 2.33. The molecule has 0 spiro atoms. The summed E-state index contributed by atoms with van der Waals surface area (Å²) in [5.74, 6) is 2.82. The first-order valence-corrected chi connectivity index (χ1v) is 9.09. The summed E-state index contributed by atoms with van der Waals surface area (Å²) in [6.45, 7) is 9.71. The maximum atomic E-state index is 5.86. The van der Waals surface area contributed by atoms with Crippen LogP contribution >= 0.6 is 0 Å². The van der Waals surface area contributed by atoms with Crippen LogP contribution in [0, 0.1) is 5.92 Å². The average Bonchev–Trinajstić information content (AvgIpc) is 2.56. The second-order valence-corrected chi connectivity index (χ2v) is 6.42. The van der Waals surface area contributed by atoms with E-state index in [1.807, 2.05) is 0 Å². The van der Waals surface area contributed by atoms with Crippen LogP contribution in [0.25, 0.3) is 0 Å². The van der Waals surface area contributed by atoms with Crippen LogP contribution < -0.4 is 9.47 Å². The summed E-state index contributed by atoms with van der Waals surface area (Å²) in [6, 6.07) is 6.37. The Labute approximate surface area is 142 Å². The first-order valence-electron chi connectivity index (χ1n) is 9.09. The van der Waals surface area contributed by atoms with Gasteiger partial charge < -0.3 is 9.47 Å². The fraction of sp³-hybridized carbons (Fsp3) is 0.619. The molecule has 2 unspecified atom stereocenters. The zero-order valence-electron chi connectivity index (χ0n) is 15.6. The standard InChI is InChI=1S/C21H34O2/c1-6-8-10-14-23-20-13-12-19(16-21(20)22-5)18(4)15-17(3)11-9-7-2/h9,11-13,16-18H,6-8,10,14-15H2,1-5H3/b11-9-. The molecule has 0 fully saturated rings. The summed E-state index contributed by atoms with van der Waals surface area (Å²) in [7, 11) is 1.72. The van der Waals surface area contributed by atoms with Crippen LogP contribution in [0.2, 0.25) is 0 Å². The Bertz CT molecular complexity index is 465. The summed E-state index contributed by atoms with van der Waals surface area (Å²) < 4.78 is 11.4. The van der Waals surface area contributed by atoms with Gasteiger partial charge in [-0.25, -0.2) is 0 Å². The van der Waals surface area contributed by atoms with Crippen molar-refractivity contribution in [2.45, 2.75) is 65.7 Å². The minimum absolute atomic E-state index is 0.509. The van der Waals surface area contributed by atoms with E-state index in [2.05, 4.69) is 58.0 Å². The van der Waals surface area contributed by atoms with Crippen LogP contribution in [0.1, 0.15) is 71.3 Å². The normalized spacial score (nSPS) is 14.0. The molecule has 130 valence electrons. The first kappa shape index (κ1) is 19.6. The molecule has 0 saturated carbocycles. The van der Waals surface area contributed by atoms with E-state index < -0.39 is 0 Å². The zero-order valence-corrected chi connectivity index (χ0v) is 15.6. The van der Waals surface area contributed by atoms with E-state index in [0.29, 0.717) is 11.8 Å². The Hall–Kier alpha value is -1.44. The molecule has 0 amide bonds. The van der Waals surface area contributed by atoms with Gasteiger partial charge in [0.05, 0.1) is 13.7 Å². The summed E-state index contributed by atoms with van der Waals surface area (Å²) in [6.07, 6.45) is 10.3. The van der Waals surface area contributed by atoms with Crippen molar-refractivity contribution in [3.63, 3.8) is 0 Å². The molecule has 0 heterocycles. The first-order chi connectivity index (χ1) is 11.1. The van der Waals surface area contributed by atoms with E-state index in [4.69, 9.17) is 9.47 Å². The summed E-state index contributed by atoms with van der Waals surface area (Å²) in [5.41, 5.74) is 1.32. The minimum Gasteiger partial charge on any atom is -0.493 e. The molecular weight excluding hydrogens is 284 g/mol. The molecule has 1 aromatic carbocycles. The lowest BCUT2D eigenvalue weighted by atomic mass is 9.90. The topological polar surface area (TPSA) is 18.5 Å². The lowest BCUT2D eigenvalue weighted by molar-refractivity contribution is 0.285. The molecule has 0 bridgehead atoms. The highest BCUT2D eigenvalue weighted by atomic mass is 16.5. The molecule has 23 heavy (non-hydrogen) atoms. The van der Waals surface area contributed by atoms with Crippen molar-refractivity contribution in [3.8, 4) is 11.5 Å². The number of unbranched alkanes of at least 4 members (excludes halogenated alkanes) is 2. The van der Waals surface area contributed by atoms with Crippen molar-refractivity contribution < 1.29 is 9.47 Å². The van der Waals surface area contributed by atoms with Gasteiger partial charge in [-0.3, -0.25) is 0 Å². The summed E-state index contributed by atoms with van der Waals surface area (Å²) in [4.78, 5) is 0. The van der Waals surface area contributed by atoms with Gasteiger partial charge in [0.15, 0.2) is 11.5 Å². The van der Waals surface area contributed by atoms with Gasteiger partial charge in [0.25, 0.3) is 0 Å². The zero-order chi connectivity index (χ0) is 17.1. The molecule has 0 aliphatic rings. The van der Waals surface area contributed by atoms with Crippen LogP contribution in [-0.2, 0) is 0 Å². The Kier molecular flexibility index (Phi) is 9.51. The Morgan fingerprint density at radius 1 is 1.09 bits per heavy atom. The Morgan fingerprint density at radius 3 is 2.52 bits per heavy atom. The van der Waals surface area contributed by atoms with Gasteiger partial charge in [-0.2, -0.15) is 0 Å². The van der Waals surface area contributed by atoms with Crippen LogP contribution in [0.3, 0.4) is 0 Å². The van der Waals surface area contributed by atoms with Crippen LogP contribution in [0.15, 0.2) is 30.4 Å². The number of allylic oxidation sites excluding steroid dienone is 2. The van der Waals surface area contributed by atoms with Crippen molar-refractivity contribution >= 4 is 0 Å². The number of hydrogen-bond acceptors (Lipinski definition) is 2. The number of benzene rings is 1. The second-order valence-electron chi connectivity index (χ2n) is 6.42. The van der Waals surface area contributed by atoms with Gasteiger partial charge in [-0.05, 0) is 48.8 Å². The third-order valence-electron chi connectivity index (χ3n) is 4.19. The maximum Gasteiger partial charge on any atom is 0.161 e. The number of methoxy groups -OCH3 is 1. The highest BCUT2D eigenvalue weighted by Gasteiger charge is 2.12. The third kappa shape index (κ3) is 7.11. The second kappa shape index (κ2) is 11.2. The van der Waals surface area contributed by atoms with E-state index in [1.165, 1.54) is 18.4 Å². The largest absolute Gasteiger partial charge is 0.493 e. The van der Waals surface area contributed by atoms with Gasteiger partial charge in [0, 0.05) is 0 Å². The molecule has 0 N–H and O–H groups in total. The van der Waals surface area contributed by atoms with Crippen molar-refractivity contribution in [1.29, 1.82) is 0 Å². The lowest BCUT2D eigenvalue weighted by Gasteiger charge is -2.18. The third-order valence-corrected chi connectivity index (χ3v) is 4.19. The fourth-order valence-electron chi connectivity index (χ4n) is 2.78. The lowest BCUT2D eigenvalue weighted by Crippen LogP contribution is -2.03. The SMILES string of the molecule is CC/C=C\C(C)CC(C)c1ccc(OCCCCC)c(OC)c1. The van der Waals surface area contributed by atoms with Gasteiger partial charge >= 0.3 is 0 Å². The van der Waals surface area contributed by atoms with E-state index in [9.17, 15) is 0 Å². The van der Waals surface area contributed by atoms with Gasteiger partial charge in [-0.15, -0.1) is 0 Å². The van der Waals surface area contributed by atoms with E-state index in [1.54, 1.807) is 7.11 Å². The van der Waals surface area contributed by atoms with Crippen LogP contribution in [0.4, 0.5) is 0 Å². The molecule has 2 nitrogen and oxygen atoms in total. The van der Waals surface area contributed by atoms with Crippen molar-refractivity contribution in [3.05, 3.63) is 35.9 Å². The maximum absolute atomic E-state index is 5.86. The smallest absolute Gasteiger partial charge is 0.161 e. The van der Waals surface area contributed by atoms with Crippen LogP contribution in [0.5, 0.6) is 11.5 Å². The van der Waals surface area contributed by atoms with Gasteiger partial charge in [0.1, 0.15) is 0 Å². The molecule has 1 rings (SSSR count).